The average molecular weight is 409 g/mol. The Morgan fingerprint density at radius 1 is 1.11 bits per heavy atom. The lowest BCUT2D eigenvalue weighted by Gasteiger charge is -2.15. The number of amides is 1. The smallest absolute Gasteiger partial charge is 0.348 e. The molecule has 1 fully saturated rings. The second kappa shape index (κ2) is 8.20. The monoisotopic (exact) mass is 408 g/mol. The molecule has 1 aromatic heterocycles. The van der Waals surface area contributed by atoms with Gasteiger partial charge in [-0.2, -0.15) is 4.31 Å². The van der Waals surface area contributed by atoms with Gasteiger partial charge in [-0.15, -0.1) is 11.3 Å². The molecule has 0 bridgehead atoms. The summed E-state index contributed by atoms with van der Waals surface area (Å²) >= 11 is 1.12. The Bertz CT molecular complexity index is 929. The Morgan fingerprint density at radius 3 is 2.41 bits per heavy atom. The van der Waals surface area contributed by atoms with Crippen molar-refractivity contribution < 1.29 is 22.7 Å². The van der Waals surface area contributed by atoms with Crippen LogP contribution in [-0.2, 0) is 14.8 Å². The van der Waals surface area contributed by atoms with Crippen LogP contribution in [0.15, 0.2) is 41.3 Å². The van der Waals surface area contributed by atoms with E-state index in [0.717, 1.165) is 24.2 Å². The average Bonchev–Trinajstić information content (AvgIpc) is 3.34. The minimum absolute atomic E-state index is 0.182. The maximum atomic E-state index is 12.5. The molecule has 1 N–H and O–H groups in total. The first-order valence-electron chi connectivity index (χ1n) is 8.60. The highest BCUT2D eigenvalue weighted by Crippen LogP contribution is 2.24. The molecule has 1 aromatic carbocycles. The van der Waals surface area contributed by atoms with Crippen LogP contribution in [0.3, 0.4) is 0 Å². The molecular weight excluding hydrogens is 388 g/mol. The predicted octanol–water partition coefficient (Wildman–Crippen LogP) is 2.96. The summed E-state index contributed by atoms with van der Waals surface area (Å²) < 4.78 is 31.4. The van der Waals surface area contributed by atoms with Gasteiger partial charge < -0.3 is 10.1 Å². The summed E-state index contributed by atoms with van der Waals surface area (Å²) in [4.78, 5) is 24.6. The molecule has 27 heavy (non-hydrogen) atoms. The summed E-state index contributed by atoms with van der Waals surface area (Å²) in [7, 11) is -3.50. The maximum Gasteiger partial charge on any atom is 0.348 e. The van der Waals surface area contributed by atoms with Crippen molar-refractivity contribution in [1.29, 1.82) is 0 Å². The van der Waals surface area contributed by atoms with Crippen LogP contribution in [0.2, 0.25) is 0 Å². The van der Waals surface area contributed by atoms with E-state index in [1.807, 2.05) is 0 Å². The van der Waals surface area contributed by atoms with E-state index in [9.17, 15) is 18.0 Å². The normalized spacial score (nSPS) is 14.9. The van der Waals surface area contributed by atoms with E-state index >= 15 is 0 Å². The molecular formula is C18H20N2O5S2. The summed E-state index contributed by atoms with van der Waals surface area (Å²) in [6.45, 7) is 3.07. The van der Waals surface area contributed by atoms with E-state index in [1.54, 1.807) is 19.1 Å². The van der Waals surface area contributed by atoms with Gasteiger partial charge in [0, 0.05) is 18.7 Å². The highest BCUT2D eigenvalue weighted by atomic mass is 32.2. The van der Waals surface area contributed by atoms with Crippen molar-refractivity contribution in [2.75, 3.05) is 25.0 Å². The lowest BCUT2D eigenvalue weighted by molar-refractivity contribution is 0.0532. The van der Waals surface area contributed by atoms with Gasteiger partial charge in [-0.25, -0.2) is 13.2 Å². The number of esters is 1. The number of carbonyl (C=O) groups is 2. The van der Waals surface area contributed by atoms with Gasteiger partial charge in [-0.05, 0) is 56.2 Å². The van der Waals surface area contributed by atoms with Crippen LogP contribution in [0.4, 0.5) is 5.00 Å². The summed E-state index contributed by atoms with van der Waals surface area (Å²) in [6, 6.07) is 9.07. The molecule has 0 radical (unpaired) electrons. The molecule has 3 rings (SSSR count). The molecule has 9 heteroatoms. The summed E-state index contributed by atoms with van der Waals surface area (Å²) in [6.07, 6.45) is 1.74. The molecule has 0 unspecified atom stereocenters. The number of thiophene rings is 1. The van der Waals surface area contributed by atoms with E-state index in [1.165, 1.54) is 28.6 Å². The van der Waals surface area contributed by atoms with Crippen LogP contribution in [0.1, 0.15) is 39.8 Å². The predicted molar refractivity (Wildman–Crippen MR) is 103 cm³/mol. The lowest BCUT2D eigenvalue weighted by atomic mass is 10.2. The standard InChI is InChI=1S/C18H20N2O5S2/c1-2-25-18(22)15-9-10-16(26-15)19-17(21)13-5-7-14(8-6-13)27(23,24)20-11-3-4-12-20/h5-10H,2-4,11-12H2,1H3,(H,19,21). The number of anilines is 1. The summed E-state index contributed by atoms with van der Waals surface area (Å²) in [5.41, 5.74) is 0.335. The fourth-order valence-electron chi connectivity index (χ4n) is 2.76. The highest BCUT2D eigenvalue weighted by molar-refractivity contribution is 7.89. The lowest BCUT2D eigenvalue weighted by Crippen LogP contribution is -2.27. The highest BCUT2D eigenvalue weighted by Gasteiger charge is 2.27. The number of hydrogen-bond acceptors (Lipinski definition) is 6. The van der Waals surface area contributed by atoms with Crippen LogP contribution in [0, 0.1) is 0 Å². The molecule has 0 atom stereocenters. The number of carbonyl (C=O) groups excluding carboxylic acids is 2. The molecule has 2 heterocycles. The number of rotatable bonds is 6. The van der Waals surface area contributed by atoms with E-state index in [-0.39, 0.29) is 17.4 Å². The van der Waals surface area contributed by atoms with Gasteiger partial charge >= 0.3 is 5.97 Å². The van der Waals surface area contributed by atoms with Gasteiger partial charge in [0.25, 0.3) is 5.91 Å². The Morgan fingerprint density at radius 2 is 1.78 bits per heavy atom. The molecule has 2 aromatic rings. The summed E-state index contributed by atoms with van der Waals surface area (Å²) in [5, 5.41) is 3.21. The number of hydrogen-bond donors (Lipinski definition) is 1. The van der Waals surface area contributed by atoms with Gasteiger partial charge in [0.05, 0.1) is 16.5 Å². The molecule has 1 saturated heterocycles. The van der Waals surface area contributed by atoms with Gasteiger partial charge in [0.1, 0.15) is 4.88 Å². The van der Waals surface area contributed by atoms with Gasteiger partial charge in [-0.1, -0.05) is 0 Å². The summed E-state index contributed by atoms with van der Waals surface area (Å²) in [5.74, 6) is -0.808. The van der Waals surface area contributed by atoms with Crippen LogP contribution in [0.5, 0.6) is 0 Å². The molecule has 0 saturated carbocycles. The van der Waals surface area contributed by atoms with E-state index < -0.39 is 16.0 Å². The third kappa shape index (κ3) is 4.37. The third-order valence-electron chi connectivity index (χ3n) is 4.14. The SMILES string of the molecule is CCOC(=O)c1ccc(NC(=O)c2ccc(S(=O)(=O)N3CCCC3)cc2)s1. The van der Waals surface area contributed by atoms with E-state index in [2.05, 4.69) is 5.32 Å². The fourth-order valence-corrected chi connectivity index (χ4v) is 5.07. The number of nitrogens with zero attached hydrogens (tertiary/aromatic N) is 1. The number of sulfonamides is 1. The number of nitrogens with one attached hydrogen (secondary N) is 1. The van der Waals surface area contributed by atoms with Crippen molar-refractivity contribution in [1.82, 2.24) is 4.31 Å². The Labute approximate surface area is 162 Å². The zero-order chi connectivity index (χ0) is 19.4. The van der Waals surface area contributed by atoms with Crippen molar-refractivity contribution in [2.45, 2.75) is 24.7 Å². The van der Waals surface area contributed by atoms with Crippen molar-refractivity contribution in [3.8, 4) is 0 Å². The molecule has 7 nitrogen and oxygen atoms in total. The van der Waals surface area contributed by atoms with Crippen LogP contribution in [0.25, 0.3) is 0 Å². The number of benzene rings is 1. The Balaban J connectivity index is 1.68. The number of ether oxygens (including phenoxy) is 1. The van der Waals surface area contributed by atoms with E-state index in [0.29, 0.717) is 28.5 Å². The first-order valence-corrected chi connectivity index (χ1v) is 10.9. The molecule has 1 aliphatic rings. The Hall–Kier alpha value is -2.23. The molecule has 1 amide bonds. The van der Waals surface area contributed by atoms with Crippen LogP contribution < -0.4 is 5.32 Å². The Kier molecular flexibility index (Phi) is 5.93. The zero-order valence-electron chi connectivity index (χ0n) is 14.8. The zero-order valence-corrected chi connectivity index (χ0v) is 16.4. The molecule has 1 aliphatic heterocycles. The quantitative estimate of drug-likeness (QED) is 0.742. The molecule has 0 spiro atoms. The first-order chi connectivity index (χ1) is 12.9. The van der Waals surface area contributed by atoms with Crippen LogP contribution in [-0.4, -0.2) is 44.3 Å². The van der Waals surface area contributed by atoms with Gasteiger partial charge in [-0.3, -0.25) is 4.79 Å². The first kappa shape index (κ1) is 19.5. The second-order valence-corrected chi connectivity index (χ2v) is 9.00. The van der Waals surface area contributed by atoms with Gasteiger partial charge in [0.2, 0.25) is 10.0 Å². The largest absolute Gasteiger partial charge is 0.462 e. The minimum atomic E-state index is -3.50. The molecule has 144 valence electrons. The van der Waals surface area contributed by atoms with Crippen molar-refractivity contribution >= 4 is 38.2 Å². The van der Waals surface area contributed by atoms with Crippen molar-refractivity contribution in [2.24, 2.45) is 0 Å². The third-order valence-corrected chi connectivity index (χ3v) is 7.03. The second-order valence-electron chi connectivity index (χ2n) is 5.97. The van der Waals surface area contributed by atoms with Crippen molar-refractivity contribution in [3.63, 3.8) is 0 Å². The fraction of sp³-hybridized carbons (Fsp3) is 0.333. The minimum Gasteiger partial charge on any atom is -0.462 e. The van der Waals surface area contributed by atoms with Crippen LogP contribution >= 0.6 is 11.3 Å². The van der Waals surface area contributed by atoms with Crippen molar-refractivity contribution in [3.05, 3.63) is 46.8 Å². The molecule has 0 aliphatic carbocycles. The topological polar surface area (TPSA) is 92.8 Å². The van der Waals surface area contributed by atoms with Gasteiger partial charge in [0.15, 0.2) is 0 Å². The van der Waals surface area contributed by atoms with E-state index in [4.69, 9.17) is 4.74 Å². The maximum absolute atomic E-state index is 12.5.